The summed E-state index contributed by atoms with van der Waals surface area (Å²) in [6.45, 7) is 3.74. The molecule has 3 N–H and O–H groups in total. The van der Waals surface area contributed by atoms with Crippen LogP contribution in [0.25, 0.3) is 0 Å². The summed E-state index contributed by atoms with van der Waals surface area (Å²) in [5, 5.41) is 11.3. The van der Waals surface area contributed by atoms with Gasteiger partial charge in [-0.25, -0.2) is 15.8 Å². The number of nitro groups is 1. The second-order valence-electron chi connectivity index (χ2n) is 4.99. The third-order valence-electron chi connectivity index (χ3n) is 3.85. The Balaban J connectivity index is 2.30. The van der Waals surface area contributed by atoms with Crippen molar-refractivity contribution >= 4 is 17.3 Å². The number of rotatable bonds is 4. The number of hydrogen-bond acceptors (Lipinski definition) is 7. The summed E-state index contributed by atoms with van der Waals surface area (Å²) in [5.41, 5.74) is 2.12. The van der Waals surface area contributed by atoms with Crippen LogP contribution in [0.5, 0.6) is 0 Å². The highest BCUT2D eigenvalue weighted by atomic mass is 16.6. The number of aromatic nitrogens is 2. The van der Waals surface area contributed by atoms with Gasteiger partial charge < -0.3 is 10.3 Å². The van der Waals surface area contributed by atoms with E-state index in [4.69, 9.17) is 5.84 Å². The summed E-state index contributed by atoms with van der Waals surface area (Å²) in [5.74, 6) is 6.39. The van der Waals surface area contributed by atoms with Gasteiger partial charge in [0.15, 0.2) is 0 Å². The number of nitrogens with one attached hydrogen (secondary N) is 1. The normalized spacial score (nSPS) is 19.5. The molecule has 0 radical (unpaired) electrons. The molecule has 110 valence electrons. The minimum atomic E-state index is -0.479. The highest BCUT2D eigenvalue weighted by molar-refractivity contribution is 5.69. The number of hydrogen-bond donors (Lipinski definition) is 2. The Bertz CT molecular complexity index is 481. The van der Waals surface area contributed by atoms with Crippen LogP contribution in [0.2, 0.25) is 0 Å². The van der Waals surface area contributed by atoms with Crippen molar-refractivity contribution in [1.29, 1.82) is 0 Å². The molecule has 1 aromatic rings. The highest BCUT2D eigenvalue weighted by Gasteiger charge is 2.28. The summed E-state index contributed by atoms with van der Waals surface area (Å²) in [7, 11) is 0. The van der Waals surface area contributed by atoms with Crippen molar-refractivity contribution in [2.45, 2.75) is 32.6 Å². The first-order chi connectivity index (χ1) is 9.67. The molecule has 8 heteroatoms. The van der Waals surface area contributed by atoms with Crippen molar-refractivity contribution in [2.75, 3.05) is 23.4 Å². The fourth-order valence-electron chi connectivity index (χ4n) is 2.66. The van der Waals surface area contributed by atoms with E-state index in [9.17, 15) is 10.1 Å². The second kappa shape index (κ2) is 6.47. The van der Waals surface area contributed by atoms with E-state index in [2.05, 4.69) is 22.3 Å². The van der Waals surface area contributed by atoms with E-state index in [0.29, 0.717) is 11.7 Å². The van der Waals surface area contributed by atoms with Crippen LogP contribution in [0.3, 0.4) is 0 Å². The molecule has 2 heterocycles. The zero-order valence-electron chi connectivity index (χ0n) is 11.6. The lowest BCUT2D eigenvalue weighted by Gasteiger charge is -2.21. The van der Waals surface area contributed by atoms with Gasteiger partial charge in [0.1, 0.15) is 6.33 Å². The molecule has 2 rings (SSSR count). The van der Waals surface area contributed by atoms with Crippen LogP contribution in [0.1, 0.15) is 32.6 Å². The molecule has 0 amide bonds. The summed E-state index contributed by atoms with van der Waals surface area (Å²) in [4.78, 5) is 20.7. The van der Waals surface area contributed by atoms with Gasteiger partial charge >= 0.3 is 5.69 Å². The molecule has 0 aromatic carbocycles. The van der Waals surface area contributed by atoms with Crippen molar-refractivity contribution in [1.82, 2.24) is 9.97 Å². The van der Waals surface area contributed by atoms with E-state index in [-0.39, 0.29) is 11.5 Å². The second-order valence-corrected chi connectivity index (χ2v) is 4.99. The summed E-state index contributed by atoms with van der Waals surface area (Å²) in [6, 6.07) is 0. The molecule has 0 aliphatic carbocycles. The Morgan fingerprint density at radius 3 is 2.95 bits per heavy atom. The van der Waals surface area contributed by atoms with E-state index in [0.717, 1.165) is 38.8 Å². The predicted octanol–water partition coefficient (Wildman–Crippen LogP) is 1.69. The van der Waals surface area contributed by atoms with Gasteiger partial charge in [-0.05, 0) is 25.2 Å². The van der Waals surface area contributed by atoms with Gasteiger partial charge in [-0.1, -0.05) is 13.3 Å². The Morgan fingerprint density at radius 2 is 2.30 bits per heavy atom. The largest absolute Gasteiger partial charge is 0.354 e. The maximum atomic E-state index is 11.3. The first-order valence-corrected chi connectivity index (χ1v) is 6.88. The smallest absolute Gasteiger partial charge is 0.351 e. The summed E-state index contributed by atoms with van der Waals surface area (Å²) in [6.07, 6.45) is 5.66. The number of nitrogens with zero attached hydrogens (tertiary/aromatic N) is 4. The zero-order valence-corrected chi connectivity index (χ0v) is 11.6. The van der Waals surface area contributed by atoms with Crippen LogP contribution < -0.4 is 16.2 Å². The topological polar surface area (TPSA) is 110 Å². The van der Waals surface area contributed by atoms with Crippen molar-refractivity contribution in [3.05, 3.63) is 16.4 Å². The minimum Gasteiger partial charge on any atom is -0.351 e. The van der Waals surface area contributed by atoms with E-state index in [1.807, 2.05) is 4.90 Å². The quantitative estimate of drug-likeness (QED) is 0.490. The number of anilines is 2. The molecule has 0 saturated carbocycles. The molecule has 1 aliphatic rings. The lowest BCUT2D eigenvalue weighted by molar-refractivity contribution is -0.383. The van der Waals surface area contributed by atoms with Crippen molar-refractivity contribution < 1.29 is 4.92 Å². The maximum Gasteiger partial charge on any atom is 0.354 e. The van der Waals surface area contributed by atoms with E-state index < -0.39 is 4.92 Å². The van der Waals surface area contributed by atoms with Gasteiger partial charge in [0.05, 0.1) is 4.92 Å². The van der Waals surface area contributed by atoms with E-state index in [1.165, 1.54) is 6.33 Å². The minimum absolute atomic E-state index is 0.0521. The van der Waals surface area contributed by atoms with Crippen LogP contribution in [0, 0.1) is 16.0 Å². The Labute approximate surface area is 117 Å². The standard InChI is InChI=1S/C12H20N6O2/c1-2-9-4-3-6-17(7-5-9)12-10(18(19)20)11(16-13)14-8-15-12/h8-9H,2-7,13H2,1H3,(H,14,15,16). The van der Waals surface area contributed by atoms with Gasteiger partial charge in [-0.3, -0.25) is 10.1 Å². The first kappa shape index (κ1) is 14.4. The van der Waals surface area contributed by atoms with Crippen LogP contribution in [0.4, 0.5) is 17.3 Å². The number of hydrazine groups is 1. The molecular formula is C12H20N6O2. The molecule has 1 aromatic heterocycles. The Hall–Kier alpha value is -1.96. The summed E-state index contributed by atoms with van der Waals surface area (Å²) >= 11 is 0. The van der Waals surface area contributed by atoms with E-state index in [1.54, 1.807) is 0 Å². The lowest BCUT2D eigenvalue weighted by atomic mass is 9.98. The van der Waals surface area contributed by atoms with Crippen molar-refractivity contribution in [3.63, 3.8) is 0 Å². The van der Waals surface area contributed by atoms with Gasteiger partial charge in [0.25, 0.3) is 0 Å². The molecule has 1 saturated heterocycles. The molecule has 1 atom stereocenters. The third-order valence-corrected chi connectivity index (χ3v) is 3.85. The Kier molecular flexibility index (Phi) is 4.67. The van der Waals surface area contributed by atoms with Crippen LogP contribution >= 0.6 is 0 Å². The molecule has 1 unspecified atom stereocenters. The molecular weight excluding hydrogens is 260 g/mol. The van der Waals surface area contributed by atoms with Crippen LogP contribution in [-0.4, -0.2) is 28.0 Å². The zero-order chi connectivity index (χ0) is 14.5. The molecule has 1 aliphatic heterocycles. The van der Waals surface area contributed by atoms with Gasteiger partial charge in [0, 0.05) is 13.1 Å². The predicted molar refractivity (Wildman–Crippen MR) is 76.3 cm³/mol. The third kappa shape index (κ3) is 2.96. The molecule has 0 bridgehead atoms. The van der Waals surface area contributed by atoms with E-state index >= 15 is 0 Å². The molecule has 8 nitrogen and oxygen atoms in total. The molecule has 1 fully saturated rings. The van der Waals surface area contributed by atoms with Crippen molar-refractivity contribution in [2.24, 2.45) is 11.8 Å². The highest BCUT2D eigenvalue weighted by Crippen LogP contribution is 2.33. The fraction of sp³-hybridized carbons (Fsp3) is 0.667. The molecule has 20 heavy (non-hydrogen) atoms. The molecule has 0 spiro atoms. The van der Waals surface area contributed by atoms with Crippen LogP contribution in [-0.2, 0) is 0 Å². The number of nitrogen functional groups attached to an aromatic ring is 1. The van der Waals surface area contributed by atoms with Crippen LogP contribution in [0.15, 0.2) is 6.33 Å². The van der Waals surface area contributed by atoms with Gasteiger partial charge in [-0.15, -0.1) is 0 Å². The Morgan fingerprint density at radius 1 is 1.50 bits per heavy atom. The average Bonchev–Trinajstić information content (AvgIpc) is 2.71. The van der Waals surface area contributed by atoms with Crippen molar-refractivity contribution in [3.8, 4) is 0 Å². The average molecular weight is 280 g/mol. The maximum absolute atomic E-state index is 11.3. The van der Waals surface area contributed by atoms with Gasteiger partial charge in [-0.2, -0.15) is 0 Å². The monoisotopic (exact) mass is 280 g/mol. The lowest BCUT2D eigenvalue weighted by Crippen LogP contribution is -2.27. The fourth-order valence-corrected chi connectivity index (χ4v) is 2.66. The number of nitrogens with two attached hydrogens (primary N) is 1. The summed E-state index contributed by atoms with van der Waals surface area (Å²) < 4.78 is 0. The first-order valence-electron chi connectivity index (χ1n) is 6.88. The SMILES string of the molecule is CCC1CCCN(c2ncnc(NN)c2[N+](=O)[O-])CC1. The van der Waals surface area contributed by atoms with Gasteiger partial charge in [0.2, 0.25) is 11.6 Å².